The van der Waals surface area contributed by atoms with Crippen LogP contribution in [0.15, 0.2) is 23.8 Å². The molecule has 15 heavy (non-hydrogen) atoms. The quantitative estimate of drug-likeness (QED) is 0.854. The summed E-state index contributed by atoms with van der Waals surface area (Å²) in [6, 6.07) is 2.84. The normalized spacial score (nSPS) is 12.3. The topological polar surface area (TPSA) is 75.1 Å². The highest BCUT2D eigenvalue weighted by atomic mass is 32.1. The number of carboxylic acid groups (broad SMARTS) is 1. The van der Waals surface area contributed by atoms with Crippen molar-refractivity contribution in [3.63, 3.8) is 0 Å². The number of aromatic nitrogens is 2. The largest absolute Gasteiger partial charge is 0.479 e. The summed E-state index contributed by atoms with van der Waals surface area (Å²) >= 11 is 2.53. The molecule has 78 valence electrons. The number of hydrogen-bond acceptors (Lipinski definition) is 6. The van der Waals surface area contributed by atoms with Crippen LogP contribution in [0.4, 0.5) is 5.13 Å². The third-order valence-electron chi connectivity index (χ3n) is 1.70. The third-order valence-corrected chi connectivity index (χ3v) is 3.24. The molecule has 0 aromatic carbocycles. The van der Waals surface area contributed by atoms with Crippen LogP contribution in [0, 0.1) is 0 Å². The molecule has 5 nitrogen and oxygen atoms in total. The Kier molecular flexibility index (Phi) is 2.93. The van der Waals surface area contributed by atoms with Crippen molar-refractivity contribution >= 4 is 34.0 Å². The molecule has 2 aromatic rings. The van der Waals surface area contributed by atoms with Gasteiger partial charge in [-0.25, -0.2) is 9.78 Å². The van der Waals surface area contributed by atoms with Crippen LogP contribution in [0.3, 0.4) is 0 Å². The van der Waals surface area contributed by atoms with Crippen molar-refractivity contribution < 1.29 is 9.90 Å². The minimum atomic E-state index is -0.923. The maximum Gasteiger partial charge on any atom is 0.331 e. The molecule has 2 N–H and O–H groups in total. The van der Waals surface area contributed by atoms with Gasteiger partial charge in [0.2, 0.25) is 5.13 Å². The van der Waals surface area contributed by atoms with E-state index in [0.717, 1.165) is 16.4 Å². The summed E-state index contributed by atoms with van der Waals surface area (Å²) < 4.78 is 3.79. The number of nitrogens with zero attached hydrogens (tertiary/aromatic N) is 2. The van der Waals surface area contributed by atoms with E-state index >= 15 is 0 Å². The van der Waals surface area contributed by atoms with E-state index in [4.69, 9.17) is 5.11 Å². The molecule has 0 aliphatic rings. The second-order valence-electron chi connectivity index (χ2n) is 2.68. The fourth-order valence-corrected chi connectivity index (χ4v) is 2.30. The van der Waals surface area contributed by atoms with Crippen LogP contribution < -0.4 is 5.32 Å². The zero-order chi connectivity index (χ0) is 10.7. The van der Waals surface area contributed by atoms with Crippen LogP contribution in [0.1, 0.15) is 10.9 Å². The van der Waals surface area contributed by atoms with Gasteiger partial charge >= 0.3 is 5.97 Å². The van der Waals surface area contributed by atoms with Gasteiger partial charge in [-0.3, -0.25) is 0 Å². The zero-order valence-corrected chi connectivity index (χ0v) is 9.09. The lowest BCUT2D eigenvalue weighted by molar-refractivity contribution is -0.138. The second-order valence-corrected chi connectivity index (χ2v) is 4.44. The second kappa shape index (κ2) is 4.37. The van der Waals surface area contributed by atoms with Crippen molar-refractivity contribution in [2.75, 3.05) is 5.32 Å². The Morgan fingerprint density at radius 2 is 2.47 bits per heavy atom. The third kappa shape index (κ3) is 2.31. The molecule has 1 atom stereocenters. The molecule has 2 heterocycles. The van der Waals surface area contributed by atoms with Crippen molar-refractivity contribution in [3.05, 3.63) is 28.7 Å². The van der Waals surface area contributed by atoms with E-state index in [2.05, 4.69) is 14.7 Å². The van der Waals surface area contributed by atoms with Crippen LogP contribution in [0.25, 0.3) is 0 Å². The van der Waals surface area contributed by atoms with E-state index in [1.165, 1.54) is 17.7 Å². The molecule has 0 amide bonds. The molecule has 0 saturated carbocycles. The molecule has 2 aromatic heterocycles. The predicted molar refractivity (Wildman–Crippen MR) is 58.2 cm³/mol. The molecule has 0 spiro atoms. The zero-order valence-electron chi connectivity index (χ0n) is 7.45. The fourth-order valence-electron chi connectivity index (χ4n) is 1.07. The van der Waals surface area contributed by atoms with Gasteiger partial charge < -0.3 is 10.4 Å². The average Bonchev–Trinajstić information content (AvgIpc) is 2.87. The maximum atomic E-state index is 11.0. The van der Waals surface area contributed by atoms with Crippen molar-refractivity contribution in [2.45, 2.75) is 6.04 Å². The fraction of sp³-hybridized carbons (Fsp3) is 0.125. The number of nitrogens with one attached hydrogen (secondary N) is 1. The standard InChI is InChI=1S/C8H7N3O2S2/c12-7(13)6(5-2-1-3-14-5)11-8-9-4-10-15-8/h1-4,6H,(H,12,13)(H,9,10,11). The summed E-state index contributed by atoms with van der Waals surface area (Å²) in [6.45, 7) is 0. The molecule has 0 aliphatic carbocycles. The number of carboxylic acids is 1. The predicted octanol–water partition coefficient (Wildman–Crippen LogP) is 1.84. The molecule has 1 unspecified atom stereocenters. The first-order valence-corrected chi connectivity index (χ1v) is 5.72. The van der Waals surface area contributed by atoms with Gasteiger partial charge in [-0.2, -0.15) is 4.37 Å². The smallest absolute Gasteiger partial charge is 0.331 e. The van der Waals surface area contributed by atoms with Gasteiger partial charge in [0.1, 0.15) is 6.33 Å². The average molecular weight is 241 g/mol. The molecule has 0 bridgehead atoms. The Labute approximate surface area is 93.6 Å². The van der Waals surface area contributed by atoms with Crippen LogP contribution in [0.2, 0.25) is 0 Å². The minimum Gasteiger partial charge on any atom is -0.479 e. The number of anilines is 1. The van der Waals surface area contributed by atoms with E-state index in [1.54, 1.807) is 6.07 Å². The summed E-state index contributed by atoms with van der Waals surface area (Å²) in [5.41, 5.74) is 0. The van der Waals surface area contributed by atoms with Crippen LogP contribution in [-0.4, -0.2) is 20.4 Å². The van der Waals surface area contributed by atoms with Gasteiger partial charge in [-0.05, 0) is 11.4 Å². The van der Waals surface area contributed by atoms with Gasteiger partial charge in [0.05, 0.1) is 0 Å². The van der Waals surface area contributed by atoms with Gasteiger partial charge in [-0.15, -0.1) is 11.3 Å². The van der Waals surface area contributed by atoms with Crippen LogP contribution in [0.5, 0.6) is 0 Å². The van der Waals surface area contributed by atoms with Crippen molar-refractivity contribution in [3.8, 4) is 0 Å². The van der Waals surface area contributed by atoms with E-state index in [9.17, 15) is 4.79 Å². The SMILES string of the molecule is O=C(O)C(Nc1ncns1)c1cccs1. The number of aliphatic carboxylic acids is 1. The summed E-state index contributed by atoms with van der Waals surface area (Å²) in [4.78, 5) is 15.7. The molecular weight excluding hydrogens is 234 g/mol. The van der Waals surface area contributed by atoms with Crippen LogP contribution in [-0.2, 0) is 4.79 Å². The van der Waals surface area contributed by atoms with E-state index in [1.807, 2.05) is 11.4 Å². The van der Waals surface area contributed by atoms with Gasteiger partial charge in [-0.1, -0.05) is 6.07 Å². The Balaban J connectivity index is 2.18. The highest BCUT2D eigenvalue weighted by Crippen LogP contribution is 2.23. The monoisotopic (exact) mass is 241 g/mol. The molecule has 0 radical (unpaired) electrons. The van der Waals surface area contributed by atoms with Crippen molar-refractivity contribution in [1.82, 2.24) is 9.36 Å². The summed E-state index contributed by atoms with van der Waals surface area (Å²) in [7, 11) is 0. The maximum absolute atomic E-state index is 11.0. The highest BCUT2D eigenvalue weighted by molar-refractivity contribution is 7.10. The molecule has 0 fully saturated rings. The first-order chi connectivity index (χ1) is 7.27. The Morgan fingerprint density at radius 1 is 1.60 bits per heavy atom. The van der Waals surface area contributed by atoms with E-state index in [0.29, 0.717) is 5.13 Å². The number of rotatable bonds is 4. The number of thiophene rings is 1. The first kappa shape index (κ1) is 10.1. The molecule has 0 aliphatic heterocycles. The minimum absolute atomic E-state index is 0.510. The Morgan fingerprint density at radius 3 is 3.00 bits per heavy atom. The lowest BCUT2D eigenvalue weighted by Gasteiger charge is -2.10. The van der Waals surface area contributed by atoms with Crippen molar-refractivity contribution in [1.29, 1.82) is 0 Å². The van der Waals surface area contributed by atoms with Gasteiger partial charge in [0, 0.05) is 16.4 Å². The van der Waals surface area contributed by atoms with Crippen LogP contribution >= 0.6 is 22.9 Å². The Hall–Kier alpha value is -1.47. The molecule has 0 saturated heterocycles. The summed E-state index contributed by atoms with van der Waals surface area (Å²) in [6.07, 6.45) is 1.39. The highest BCUT2D eigenvalue weighted by Gasteiger charge is 2.21. The summed E-state index contributed by atoms with van der Waals surface area (Å²) in [5, 5.41) is 14.2. The molecular formula is C8H7N3O2S2. The lowest BCUT2D eigenvalue weighted by atomic mass is 10.2. The molecule has 7 heteroatoms. The van der Waals surface area contributed by atoms with Gasteiger partial charge in [0.15, 0.2) is 6.04 Å². The van der Waals surface area contributed by atoms with E-state index in [-0.39, 0.29) is 0 Å². The van der Waals surface area contributed by atoms with Crippen molar-refractivity contribution in [2.24, 2.45) is 0 Å². The first-order valence-electron chi connectivity index (χ1n) is 4.07. The number of hydrogen-bond donors (Lipinski definition) is 2. The summed E-state index contributed by atoms with van der Waals surface area (Å²) in [5.74, 6) is -0.923. The molecule has 2 rings (SSSR count). The number of carbonyl (C=O) groups is 1. The van der Waals surface area contributed by atoms with Gasteiger partial charge in [0.25, 0.3) is 0 Å². The van der Waals surface area contributed by atoms with E-state index < -0.39 is 12.0 Å². The Bertz CT molecular complexity index is 427. The lowest BCUT2D eigenvalue weighted by Crippen LogP contribution is -2.19.